The van der Waals surface area contributed by atoms with Gasteiger partial charge in [0.2, 0.25) is 5.96 Å². The van der Waals surface area contributed by atoms with Crippen LogP contribution in [0.25, 0.3) is 0 Å². The number of carboxylic acid groups (broad SMARTS) is 1. The van der Waals surface area contributed by atoms with Crippen molar-refractivity contribution >= 4 is 29.2 Å². The van der Waals surface area contributed by atoms with Crippen molar-refractivity contribution in [3.63, 3.8) is 0 Å². The third-order valence-corrected chi connectivity index (χ3v) is 7.42. The Balaban J connectivity index is 1.57. The Morgan fingerprint density at radius 3 is 2.20 bits per heavy atom. The molecule has 1 aliphatic carbocycles. The van der Waals surface area contributed by atoms with Crippen molar-refractivity contribution in [1.29, 1.82) is 0 Å². The smallest absolute Gasteiger partial charge is 0.479 e. The van der Waals surface area contributed by atoms with Crippen molar-refractivity contribution in [1.82, 2.24) is 5.32 Å². The SMILES string of the molecule is NC/N=C(/Nc1ccc(OC(F)(F)F)cc1)N(Cc1ccc(C(=O)NC[C@@H](O)C(=O)O)cc1)c1ccc(C2CCCCC2)cc1. The van der Waals surface area contributed by atoms with Crippen LogP contribution in [-0.2, 0) is 11.3 Å². The number of aliphatic hydroxyl groups is 1. The predicted octanol–water partition coefficient (Wildman–Crippen LogP) is 5.20. The summed E-state index contributed by atoms with van der Waals surface area (Å²) in [4.78, 5) is 29.6. The third kappa shape index (κ3) is 9.95. The lowest BCUT2D eigenvalue weighted by Gasteiger charge is -2.28. The Morgan fingerprint density at radius 2 is 1.62 bits per heavy atom. The molecule has 10 nitrogen and oxygen atoms in total. The Morgan fingerprint density at radius 1 is 0.978 bits per heavy atom. The van der Waals surface area contributed by atoms with Crippen molar-refractivity contribution in [3.05, 3.63) is 89.5 Å². The molecule has 0 spiro atoms. The maximum absolute atomic E-state index is 12.6. The first-order chi connectivity index (χ1) is 21.5. The highest BCUT2D eigenvalue weighted by atomic mass is 19.4. The number of carbonyl (C=O) groups excluding carboxylic acids is 1. The number of guanidine groups is 1. The summed E-state index contributed by atoms with van der Waals surface area (Å²) in [6, 6.07) is 20.1. The van der Waals surface area contributed by atoms with Gasteiger partial charge in [0, 0.05) is 16.9 Å². The molecule has 0 unspecified atom stereocenters. The van der Waals surface area contributed by atoms with Gasteiger partial charge in [-0.25, -0.2) is 9.79 Å². The number of nitrogens with one attached hydrogen (secondary N) is 2. The second-order valence-electron chi connectivity index (χ2n) is 10.6. The van der Waals surface area contributed by atoms with Crippen molar-refractivity contribution < 1.29 is 37.7 Å². The molecule has 1 amide bonds. The largest absolute Gasteiger partial charge is 0.573 e. The quantitative estimate of drug-likeness (QED) is 0.144. The Hall–Kier alpha value is -4.62. The first kappa shape index (κ1) is 33.3. The van der Waals surface area contributed by atoms with E-state index in [1.165, 1.54) is 49.1 Å². The molecule has 0 radical (unpaired) electrons. The minimum absolute atomic E-state index is 0.0738. The maximum Gasteiger partial charge on any atom is 0.573 e. The fourth-order valence-corrected chi connectivity index (χ4v) is 5.12. The van der Waals surface area contributed by atoms with Crippen LogP contribution < -0.4 is 26.0 Å². The molecular formula is C32H36F3N5O5. The number of nitrogens with zero attached hydrogens (tertiary/aromatic N) is 2. The average molecular weight is 628 g/mol. The summed E-state index contributed by atoms with van der Waals surface area (Å²) in [6.45, 7) is -0.229. The number of carboxylic acids is 1. The van der Waals surface area contributed by atoms with E-state index in [9.17, 15) is 27.9 Å². The van der Waals surface area contributed by atoms with E-state index in [0.717, 1.165) is 24.1 Å². The molecule has 1 saturated carbocycles. The summed E-state index contributed by atoms with van der Waals surface area (Å²) < 4.78 is 41.9. The van der Waals surface area contributed by atoms with Gasteiger partial charge in [-0.3, -0.25) is 4.79 Å². The molecule has 4 rings (SSSR count). The van der Waals surface area contributed by atoms with Crippen LogP contribution >= 0.6 is 0 Å². The van der Waals surface area contributed by atoms with Gasteiger partial charge in [-0.2, -0.15) is 0 Å². The molecule has 0 aromatic heterocycles. The summed E-state index contributed by atoms with van der Waals surface area (Å²) in [5.74, 6) is -1.49. The molecule has 3 aromatic carbocycles. The van der Waals surface area contributed by atoms with E-state index in [0.29, 0.717) is 17.6 Å². The van der Waals surface area contributed by atoms with Gasteiger partial charge >= 0.3 is 12.3 Å². The van der Waals surface area contributed by atoms with E-state index in [-0.39, 0.29) is 24.5 Å². The zero-order valence-corrected chi connectivity index (χ0v) is 24.5. The number of alkyl halides is 3. The topological polar surface area (TPSA) is 150 Å². The first-order valence-corrected chi connectivity index (χ1v) is 14.6. The van der Waals surface area contributed by atoms with Gasteiger partial charge in [0.15, 0.2) is 6.10 Å². The number of amides is 1. The number of rotatable bonds is 11. The Labute approximate surface area is 258 Å². The zero-order valence-electron chi connectivity index (χ0n) is 24.5. The van der Waals surface area contributed by atoms with Crippen LogP contribution in [0.4, 0.5) is 24.5 Å². The molecule has 3 aromatic rings. The minimum Gasteiger partial charge on any atom is -0.479 e. The van der Waals surface area contributed by atoms with Crippen LogP contribution in [-0.4, -0.2) is 53.7 Å². The minimum atomic E-state index is -4.81. The molecule has 0 bridgehead atoms. The number of aliphatic imine (C=N–C) groups is 1. The van der Waals surface area contributed by atoms with E-state index in [1.807, 2.05) is 17.0 Å². The number of aliphatic carboxylic acids is 1. The molecule has 1 atom stereocenters. The van der Waals surface area contributed by atoms with Crippen LogP contribution in [0, 0.1) is 0 Å². The number of hydrogen-bond acceptors (Lipinski definition) is 6. The molecule has 0 saturated heterocycles. The highest BCUT2D eigenvalue weighted by Crippen LogP contribution is 2.34. The van der Waals surface area contributed by atoms with Gasteiger partial charge < -0.3 is 36.2 Å². The number of halogens is 3. The molecule has 0 heterocycles. The van der Waals surface area contributed by atoms with Crippen LogP contribution in [0.15, 0.2) is 77.8 Å². The molecule has 1 aliphatic rings. The number of benzene rings is 3. The van der Waals surface area contributed by atoms with E-state index < -0.39 is 30.9 Å². The summed E-state index contributed by atoms with van der Waals surface area (Å²) >= 11 is 0. The van der Waals surface area contributed by atoms with E-state index in [1.54, 1.807) is 24.3 Å². The summed E-state index contributed by atoms with van der Waals surface area (Å²) in [7, 11) is 0. The summed E-state index contributed by atoms with van der Waals surface area (Å²) in [5, 5.41) is 23.8. The third-order valence-electron chi connectivity index (χ3n) is 7.42. The molecular weight excluding hydrogens is 591 g/mol. The van der Waals surface area contributed by atoms with Gasteiger partial charge in [0.25, 0.3) is 5.91 Å². The number of nitrogens with two attached hydrogens (primary N) is 1. The Bertz CT molecular complexity index is 1440. The van der Waals surface area contributed by atoms with Gasteiger partial charge in [-0.1, -0.05) is 43.5 Å². The predicted molar refractivity (Wildman–Crippen MR) is 164 cm³/mol. The van der Waals surface area contributed by atoms with Crippen molar-refractivity contribution in [2.24, 2.45) is 10.7 Å². The number of carbonyl (C=O) groups is 2. The molecule has 1 fully saturated rings. The fourth-order valence-electron chi connectivity index (χ4n) is 5.12. The first-order valence-electron chi connectivity index (χ1n) is 14.6. The molecule has 240 valence electrons. The zero-order chi connectivity index (χ0) is 32.4. The normalized spacial score (nSPS) is 14.8. The molecule has 45 heavy (non-hydrogen) atoms. The molecule has 0 aliphatic heterocycles. The molecule has 6 N–H and O–H groups in total. The number of aliphatic hydroxyl groups excluding tert-OH is 1. The highest BCUT2D eigenvalue weighted by Gasteiger charge is 2.31. The van der Waals surface area contributed by atoms with Crippen molar-refractivity contribution in [2.45, 2.75) is 57.0 Å². The summed E-state index contributed by atoms with van der Waals surface area (Å²) in [5.41, 5.74) is 9.39. The monoisotopic (exact) mass is 627 g/mol. The second-order valence-corrected chi connectivity index (χ2v) is 10.6. The van der Waals surface area contributed by atoms with E-state index in [4.69, 9.17) is 10.8 Å². The number of ether oxygens (including phenoxy) is 1. The Kier molecular flexibility index (Phi) is 11.4. The lowest BCUT2D eigenvalue weighted by Crippen LogP contribution is -2.37. The van der Waals surface area contributed by atoms with Crippen LogP contribution in [0.5, 0.6) is 5.75 Å². The van der Waals surface area contributed by atoms with Crippen LogP contribution in [0.1, 0.15) is 59.5 Å². The lowest BCUT2D eigenvalue weighted by molar-refractivity contribution is -0.274. The van der Waals surface area contributed by atoms with E-state index >= 15 is 0 Å². The standard InChI is InChI=1S/C32H36F3N5O5/c33-32(34,35)45-27-16-12-25(13-17-27)39-31(38-20-36)40(26-14-10-23(11-15-26)22-4-2-1-3-5-22)19-21-6-8-24(9-7-21)29(42)37-18-28(41)30(43)44/h6-17,22,28,41H,1-5,18-20,36H2,(H,37,42)(H,38,39)(H,43,44)/t28-/m1/s1. The highest BCUT2D eigenvalue weighted by molar-refractivity contribution is 6.05. The van der Waals surface area contributed by atoms with Gasteiger partial charge in [-0.05, 0) is 78.4 Å². The maximum atomic E-state index is 12.6. The van der Waals surface area contributed by atoms with Crippen molar-refractivity contribution in [3.8, 4) is 5.75 Å². The van der Waals surface area contributed by atoms with Crippen molar-refractivity contribution in [2.75, 3.05) is 23.4 Å². The van der Waals surface area contributed by atoms with Gasteiger partial charge in [0.05, 0.1) is 19.8 Å². The average Bonchev–Trinajstić information content (AvgIpc) is 3.03. The lowest BCUT2D eigenvalue weighted by atomic mass is 9.84. The molecule has 13 heteroatoms. The van der Waals surface area contributed by atoms with E-state index in [2.05, 4.69) is 32.5 Å². The fraction of sp³-hybridized carbons (Fsp3) is 0.344. The summed E-state index contributed by atoms with van der Waals surface area (Å²) in [6.07, 6.45) is -0.569. The van der Waals surface area contributed by atoms with Gasteiger partial charge in [0.1, 0.15) is 5.75 Å². The van der Waals surface area contributed by atoms with Crippen LogP contribution in [0.2, 0.25) is 0 Å². The van der Waals surface area contributed by atoms with Gasteiger partial charge in [-0.15, -0.1) is 13.2 Å². The number of hydrogen-bond donors (Lipinski definition) is 5. The van der Waals surface area contributed by atoms with Crippen LogP contribution in [0.3, 0.4) is 0 Å². The number of anilines is 2. The second kappa shape index (κ2) is 15.4.